The average molecular weight is 449 g/mol. The number of rotatable bonds is 6. The van der Waals surface area contributed by atoms with E-state index in [1.807, 2.05) is 0 Å². The molecule has 0 amide bonds. The summed E-state index contributed by atoms with van der Waals surface area (Å²) < 4.78 is 59.5. The number of ether oxygens (including phenoxy) is 1. The van der Waals surface area contributed by atoms with Crippen LogP contribution in [-0.2, 0) is 22.6 Å². The van der Waals surface area contributed by atoms with Crippen LogP contribution in [0, 0.1) is 18.6 Å². The molecule has 0 radical (unpaired) electrons. The lowest BCUT2D eigenvalue weighted by molar-refractivity contribution is 0.381. The van der Waals surface area contributed by atoms with Crippen LogP contribution in [0.2, 0.25) is 0 Å². The van der Waals surface area contributed by atoms with Crippen molar-refractivity contribution in [2.24, 2.45) is 7.05 Å². The fourth-order valence-corrected chi connectivity index (χ4v) is 3.70. The fraction of sp³-hybridized carbons (Fsp3) is 0.286. The van der Waals surface area contributed by atoms with Gasteiger partial charge in [-0.05, 0) is 45.0 Å². The monoisotopic (exact) mass is 449 g/mol. The molecule has 0 fully saturated rings. The molecule has 2 aromatic heterocycles. The highest BCUT2D eigenvalue weighted by atomic mass is 32.2. The van der Waals surface area contributed by atoms with E-state index < -0.39 is 44.2 Å². The van der Waals surface area contributed by atoms with Gasteiger partial charge in [0.15, 0.2) is 21.5 Å². The van der Waals surface area contributed by atoms with Crippen LogP contribution in [0.5, 0.6) is 11.8 Å². The summed E-state index contributed by atoms with van der Waals surface area (Å²) in [4.78, 5) is 20.3. The molecule has 0 unspecified atom stereocenters. The van der Waals surface area contributed by atoms with Crippen LogP contribution in [0.1, 0.15) is 25.1 Å². The molecule has 31 heavy (non-hydrogen) atoms. The maximum absolute atomic E-state index is 14.0. The lowest BCUT2D eigenvalue weighted by atomic mass is 10.1. The molecule has 2 heterocycles. The third-order valence-electron chi connectivity index (χ3n) is 4.60. The molecule has 0 spiro atoms. The fourth-order valence-electron chi connectivity index (χ4n) is 2.80. The number of halogens is 2. The molecule has 0 saturated carbocycles. The number of aromatic nitrogens is 3. The van der Waals surface area contributed by atoms with Gasteiger partial charge in [0.2, 0.25) is 5.75 Å². The summed E-state index contributed by atoms with van der Waals surface area (Å²) >= 11 is 0. The molecule has 3 rings (SSSR count). The molecular weight excluding hydrogens is 428 g/mol. The van der Waals surface area contributed by atoms with Crippen molar-refractivity contribution >= 4 is 9.84 Å². The number of nitrogens with zero attached hydrogens (tertiary/aromatic N) is 3. The molecule has 0 atom stereocenters. The number of aryl methyl sites for hydroxylation is 2. The maximum Gasteiger partial charge on any atom is 0.322 e. The SMILES string of the molecule is Cc1cc(-c2cc(CS(=O)(=O)C(C)C)nc(Oc3c(F)cccc3F)n2)cn(C)c1=O. The molecule has 0 aliphatic carbocycles. The van der Waals surface area contributed by atoms with Crippen LogP contribution in [-0.4, -0.2) is 28.2 Å². The van der Waals surface area contributed by atoms with Gasteiger partial charge in [-0.25, -0.2) is 17.2 Å². The molecule has 3 aromatic rings. The van der Waals surface area contributed by atoms with Crippen molar-refractivity contribution in [2.45, 2.75) is 31.8 Å². The zero-order chi connectivity index (χ0) is 22.9. The maximum atomic E-state index is 14.0. The standard InChI is InChI=1S/C21H21F2N3O4S/c1-12(2)31(28,29)11-15-9-18(14-8-13(3)20(27)26(4)10-14)25-21(24-15)30-19-16(22)6-5-7-17(19)23/h5-10,12H,11H2,1-4H3. The second-order valence-corrected chi connectivity index (χ2v) is 9.92. The molecule has 0 saturated heterocycles. The molecule has 0 N–H and O–H groups in total. The van der Waals surface area contributed by atoms with Gasteiger partial charge in [-0.3, -0.25) is 4.79 Å². The zero-order valence-corrected chi connectivity index (χ0v) is 18.2. The number of benzene rings is 1. The molecule has 0 aliphatic rings. The van der Waals surface area contributed by atoms with Crippen molar-refractivity contribution in [2.75, 3.05) is 0 Å². The normalized spacial score (nSPS) is 11.7. The first-order valence-corrected chi connectivity index (χ1v) is 11.1. The highest BCUT2D eigenvalue weighted by molar-refractivity contribution is 7.91. The van der Waals surface area contributed by atoms with Crippen LogP contribution >= 0.6 is 0 Å². The molecule has 10 heteroatoms. The van der Waals surface area contributed by atoms with E-state index >= 15 is 0 Å². The Morgan fingerprint density at radius 2 is 1.77 bits per heavy atom. The Morgan fingerprint density at radius 1 is 1.13 bits per heavy atom. The van der Waals surface area contributed by atoms with Gasteiger partial charge in [0.05, 0.1) is 22.4 Å². The van der Waals surface area contributed by atoms with Crippen molar-refractivity contribution in [3.8, 4) is 23.0 Å². The highest BCUT2D eigenvalue weighted by Crippen LogP contribution is 2.28. The number of pyridine rings is 1. The third kappa shape index (κ3) is 4.96. The van der Waals surface area contributed by atoms with Gasteiger partial charge in [-0.2, -0.15) is 9.97 Å². The summed E-state index contributed by atoms with van der Waals surface area (Å²) in [6.45, 7) is 4.71. The van der Waals surface area contributed by atoms with E-state index in [1.165, 1.54) is 22.9 Å². The molecule has 0 aliphatic heterocycles. The first-order chi connectivity index (χ1) is 14.5. The first-order valence-electron chi connectivity index (χ1n) is 9.37. The second-order valence-electron chi connectivity index (χ2n) is 7.36. The Morgan fingerprint density at radius 3 is 2.35 bits per heavy atom. The van der Waals surface area contributed by atoms with E-state index in [0.717, 1.165) is 12.1 Å². The van der Waals surface area contributed by atoms with E-state index in [0.29, 0.717) is 11.1 Å². The Labute approximate surface area is 178 Å². The summed E-state index contributed by atoms with van der Waals surface area (Å²) in [6, 6.07) is 5.83. The lowest BCUT2D eigenvalue weighted by Crippen LogP contribution is -2.19. The van der Waals surface area contributed by atoms with Crippen molar-refractivity contribution in [1.82, 2.24) is 14.5 Å². The average Bonchev–Trinajstić information content (AvgIpc) is 2.68. The largest absolute Gasteiger partial charge is 0.418 e. The van der Waals surface area contributed by atoms with Crippen LogP contribution in [0.15, 0.2) is 41.3 Å². The predicted molar refractivity (Wildman–Crippen MR) is 112 cm³/mol. The van der Waals surface area contributed by atoms with Crippen LogP contribution in [0.4, 0.5) is 8.78 Å². The Balaban J connectivity index is 2.16. The van der Waals surface area contributed by atoms with Gasteiger partial charge in [-0.15, -0.1) is 0 Å². The van der Waals surface area contributed by atoms with Crippen LogP contribution < -0.4 is 10.3 Å². The predicted octanol–water partition coefficient (Wildman–Crippen LogP) is 3.54. The summed E-state index contributed by atoms with van der Waals surface area (Å²) in [5, 5.41) is -0.654. The van der Waals surface area contributed by atoms with Crippen molar-refractivity contribution in [1.29, 1.82) is 0 Å². The van der Waals surface area contributed by atoms with Crippen molar-refractivity contribution in [3.63, 3.8) is 0 Å². The Bertz CT molecular complexity index is 1260. The van der Waals surface area contributed by atoms with Gasteiger partial charge in [-0.1, -0.05) is 6.07 Å². The summed E-state index contributed by atoms with van der Waals surface area (Å²) in [7, 11) is -1.96. The number of hydrogen-bond acceptors (Lipinski definition) is 6. The van der Waals surface area contributed by atoms with E-state index in [-0.39, 0.29) is 16.9 Å². The minimum absolute atomic E-state index is 0.0944. The second kappa shape index (κ2) is 8.54. The number of hydrogen-bond donors (Lipinski definition) is 0. The third-order valence-corrected chi connectivity index (χ3v) is 6.73. The van der Waals surface area contributed by atoms with Gasteiger partial charge >= 0.3 is 6.01 Å². The molecule has 0 bridgehead atoms. The van der Waals surface area contributed by atoms with E-state index in [9.17, 15) is 22.0 Å². The minimum Gasteiger partial charge on any atom is -0.418 e. The van der Waals surface area contributed by atoms with Crippen molar-refractivity contribution in [3.05, 3.63) is 69.8 Å². The summed E-state index contributed by atoms with van der Waals surface area (Å²) in [6.07, 6.45) is 1.52. The van der Waals surface area contributed by atoms with E-state index in [4.69, 9.17) is 4.74 Å². The summed E-state index contributed by atoms with van der Waals surface area (Å²) in [5.41, 5.74) is 1.07. The molecular formula is C21H21F2N3O4S. The van der Waals surface area contributed by atoms with Gasteiger partial charge in [0, 0.05) is 24.4 Å². The van der Waals surface area contributed by atoms with Crippen molar-refractivity contribution < 1.29 is 21.9 Å². The molecule has 1 aromatic carbocycles. The van der Waals surface area contributed by atoms with Crippen LogP contribution in [0.3, 0.4) is 0 Å². The van der Waals surface area contributed by atoms with Crippen LogP contribution in [0.25, 0.3) is 11.3 Å². The molecule has 7 nitrogen and oxygen atoms in total. The molecule has 164 valence electrons. The minimum atomic E-state index is -3.53. The van der Waals surface area contributed by atoms with Gasteiger partial charge in [0.1, 0.15) is 0 Å². The highest BCUT2D eigenvalue weighted by Gasteiger charge is 2.21. The number of sulfone groups is 1. The van der Waals surface area contributed by atoms with E-state index in [2.05, 4.69) is 9.97 Å². The topological polar surface area (TPSA) is 91.2 Å². The lowest BCUT2D eigenvalue weighted by Gasteiger charge is -2.12. The number of para-hydroxylation sites is 1. The Kier molecular flexibility index (Phi) is 6.21. The quantitative estimate of drug-likeness (QED) is 0.572. The first kappa shape index (κ1) is 22.5. The van der Waals surface area contributed by atoms with Gasteiger partial charge < -0.3 is 9.30 Å². The summed E-state index contributed by atoms with van der Waals surface area (Å²) in [5.74, 6) is -3.03. The van der Waals surface area contributed by atoms with Gasteiger partial charge in [0.25, 0.3) is 5.56 Å². The zero-order valence-electron chi connectivity index (χ0n) is 17.4. The van der Waals surface area contributed by atoms with E-state index in [1.54, 1.807) is 33.9 Å². The Hall–Kier alpha value is -3.14. The smallest absolute Gasteiger partial charge is 0.322 e.